The van der Waals surface area contributed by atoms with E-state index < -0.39 is 15.9 Å². The van der Waals surface area contributed by atoms with Gasteiger partial charge in [0, 0.05) is 24.5 Å². The highest BCUT2D eigenvalue weighted by Crippen LogP contribution is 2.25. The molecule has 0 spiro atoms. The number of hydrogen-bond acceptors (Lipinski definition) is 6. The SMILES string of the molecule is CN(C)[C@@H](CNC(=O)c1cc(S(=O)(=O)N2CCOCC2)ccc1Cl)c1cccs1. The van der Waals surface area contributed by atoms with E-state index in [1.54, 1.807) is 11.3 Å². The number of amides is 1. The number of thiophene rings is 1. The van der Waals surface area contributed by atoms with Crippen LogP contribution in [0.15, 0.2) is 40.6 Å². The van der Waals surface area contributed by atoms with Crippen molar-refractivity contribution < 1.29 is 17.9 Å². The topological polar surface area (TPSA) is 79.0 Å². The summed E-state index contributed by atoms with van der Waals surface area (Å²) in [5, 5.41) is 5.08. The van der Waals surface area contributed by atoms with Crippen LogP contribution in [0.3, 0.4) is 0 Å². The van der Waals surface area contributed by atoms with Crippen molar-refractivity contribution in [2.75, 3.05) is 46.9 Å². The number of rotatable bonds is 7. The van der Waals surface area contributed by atoms with Gasteiger partial charge < -0.3 is 15.0 Å². The fraction of sp³-hybridized carbons (Fsp3) is 0.421. The van der Waals surface area contributed by atoms with Gasteiger partial charge in [0.2, 0.25) is 10.0 Å². The van der Waals surface area contributed by atoms with Gasteiger partial charge in [0.05, 0.1) is 34.7 Å². The van der Waals surface area contributed by atoms with Crippen molar-refractivity contribution >= 4 is 38.9 Å². The third kappa shape index (κ3) is 5.17. The molecule has 1 aromatic heterocycles. The average Bonchev–Trinajstić information content (AvgIpc) is 3.23. The summed E-state index contributed by atoms with van der Waals surface area (Å²) in [6.45, 7) is 1.67. The molecule has 0 unspecified atom stereocenters. The summed E-state index contributed by atoms with van der Waals surface area (Å²) in [5.41, 5.74) is 0.143. The first kappa shape index (κ1) is 22.2. The number of morpholine rings is 1. The number of likely N-dealkylation sites (N-methyl/N-ethyl adjacent to an activating group) is 1. The van der Waals surface area contributed by atoms with Gasteiger partial charge in [-0.3, -0.25) is 4.79 Å². The highest BCUT2D eigenvalue weighted by molar-refractivity contribution is 7.89. The van der Waals surface area contributed by atoms with E-state index in [0.29, 0.717) is 19.8 Å². The summed E-state index contributed by atoms with van der Waals surface area (Å²) < 4.78 is 32.3. The molecule has 2 aromatic rings. The van der Waals surface area contributed by atoms with E-state index in [1.807, 2.05) is 36.5 Å². The Hall–Kier alpha value is -1.49. The Morgan fingerprint density at radius 1 is 1.31 bits per heavy atom. The van der Waals surface area contributed by atoms with Gasteiger partial charge in [-0.2, -0.15) is 4.31 Å². The van der Waals surface area contributed by atoms with Crippen LogP contribution in [0, 0.1) is 0 Å². The molecule has 1 N–H and O–H groups in total. The van der Waals surface area contributed by atoms with Crippen molar-refractivity contribution in [1.29, 1.82) is 0 Å². The van der Waals surface area contributed by atoms with Crippen LogP contribution in [0.4, 0.5) is 0 Å². The molecule has 1 amide bonds. The molecule has 158 valence electrons. The molecule has 1 aromatic carbocycles. The number of ether oxygens (including phenoxy) is 1. The number of carbonyl (C=O) groups is 1. The summed E-state index contributed by atoms with van der Waals surface area (Å²) in [6.07, 6.45) is 0. The molecular formula is C19H24ClN3O4S2. The van der Waals surface area contributed by atoms with Crippen molar-refractivity contribution in [3.63, 3.8) is 0 Å². The molecule has 3 rings (SSSR count). The molecule has 0 aliphatic carbocycles. The first-order valence-corrected chi connectivity index (χ1v) is 11.9. The lowest BCUT2D eigenvalue weighted by molar-refractivity contribution is 0.0730. The molecular weight excluding hydrogens is 434 g/mol. The summed E-state index contributed by atoms with van der Waals surface area (Å²) in [4.78, 5) is 16.0. The Kier molecular flexibility index (Phi) is 7.31. The maximum Gasteiger partial charge on any atom is 0.252 e. The third-order valence-electron chi connectivity index (χ3n) is 4.74. The Balaban J connectivity index is 1.77. The Morgan fingerprint density at radius 3 is 2.66 bits per heavy atom. The van der Waals surface area contributed by atoms with Crippen molar-refractivity contribution in [3.8, 4) is 0 Å². The average molecular weight is 458 g/mol. The molecule has 7 nitrogen and oxygen atoms in total. The number of nitrogens with zero attached hydrogens (tertiary/aromatic N) is 2. The second-order valence-electron chi connectivity index (χ2n) is 6.86. The molecule has 1 atom stereocenters. The van der Waals surface area contributed by atoms with Crippen LogP contribution in [0.1, 0.15) is 21.3 Å². The third-order valence-corrected chi connectivity index (χ3v) is 7.94. The normalized spacial score (nSPS) is 16.7. The van der Waals surface area contributed by atoms with Gasteiger partial charge in [-0.05, 0) is 43.7 Å². The van der Waals surface area contributed by atoms with Gasteiger partial charge in [0.1, 0.15) is 0 Å². The predicted molar refractivity (Wildman–Crippen MR) is 114 cm³/mol. The number of benzene rings is 1. The molecule has 29 heavy (non-hydrogen) atoms. The zero-order valence-corrected chi connectivity index (χ0v) is 18.7. The molecule has 1 aliphatic rings. The first-order chi connectivity index (χ1) is 13.8. The van der Waals surface area contributed by atoms with Crippen LogP contribution >= 0.6 is 22.9 Å². The maximum absolute atomic E-state index is 12.9. The van der Waals surface area contributed by atoms with Crippen LogP contribution < -0.4 is 5.32 Å². The van der Waals surface area contributed by atoms with Gasteiger partial charge in [-0.25, -0.2) is 8.42 Å². The van der Waals surface area contributed by atoms with Crippen LogP contribution in [0.25, 0.3) is 0 Å². The number of carbonyl (C=O) groups excluding carboxylic acids is 1. The Labute approximate surface area is 180 Å². The van der Waals surface area contributed by atoms with Gasteiger partial charge >= 0.3 is 0 Å². The summed E-state index contributed by atoms with van der Waals surface area (Å²) in [7, 11) is 0.180. The molecule has 0 radical (unpaired) electrons. The summed E-state index contributed by atoms with van der Waals surface area (Å²) in [6, 6.07) is 8.22. The van der Waals surface area contributed by atoms with E-state index in [4.69, 9.17) is 16.3 Å². The van der Waals surface area contributed by atoms with Gasteiger partial charge in [-0.15, -0.1) is 11.3 Å². The summed E-state index contributed by atoms with van der Waals surface area (Å²) in [5.74, 6) is -0.405. The zero-order valence-electron chi connectivity index (χ0n) is 16.3. The second kappa shape index (κ2) is 9.55. The maximum atomic E-state index is 12.9. The minimum Gasteiger partial charge on any atom is -0.379 e. The van der Waals surface area contributed by atoms with Crippen LogP contribution in [-0.4, -0.2) is 70.5 Å². The van der Waals surface area contributed by atoms with Crippen molar-refractivity contribution in [3.05, 3.63) is 51.2 Å². The molecule has 2 heterocycles. The highest BCUT2D eigenvalue weighted by atomic mass is 35.5. The zero-order chi connectivity index (χ0) is 21.0. The van der Waals surface area contributed by atoms with E-state index in [2.05, 4.69) is 5.32 Å². The lowest BCUT2D eigenvalue weighted by Gasteiger charge is -2.26. The minimum atomic E-state index is -3.71. The Morgan fingerprint density at radius 2 is 2.03 bits per heavy atom. The standard InChI is InChI=1S/C19H24ClN3O4S2/c1-22(2)17(18-4-3-11-28-18)13-21-19(24)15-12-14(5-6-16(15)20)29(25,26)23-7-9-27-10-8-23/h3-6,11-12,17H,7-10,13H2,1-2H3,(H,21,24)/t17-/m0/s1. The van der Waals surface area contributed by atoms with E-state index in [1.165, 1.54) is 22.5 Å². The number of halogens is 1. The molecule has 1 fully saturated rings. The highest BCUT2D eigenvalue weighted by Gasteiger charge is 2.28. The molecule has 10 heteroatoms. The Bertz CT molecular complexity index is 942. The second-order valence-corrected chi connectivity index (χ2v) is 10.2. The van der Waals surface area contributed by atoms with Crippen LogP contribution in [0.2, 0.25) is 5.02 Å². The first-order valence-electron chi connectivity index (χ1n) is 9.16. The molecule has 1 saturated heterocycles. The molecule has 0 saturated carbocycles. The van der Waals surface area contributed by atoms with Crippen molar-refractivity contribution in [2.24, 2.45) is 0 Å². The lowest BCUT2D eigenvalue weighted by atomic mass is 10.2. The van der Waals surface area contributed by atoms with Crippen molar-refractivity contribution in [2.45, 2.75) is 10.9 Å². The van der Waals surface area contributed by atoms with Crippen molar-refractivity contribution in [1.82, 2.24) is 14.5 Å². The molecule has 0 bridgehead atoms. The molecule has 1 aliphatic heterocycles. The van der Waals surface area contributed by atoms with Gasteiger partial charge in [0.25, 0.3) is 5.91 Å². The fourth-order valence-corrected chi connectivity index (χ4v) is 5.64. The number of hydrogen-bond donors (Lipinski definition) is 1. The van der Waals surface area contributed by atoms with Gasteiger partial charge in [0.15, 0.2) is 0 Å². The lowest BCUT2D eigenvalue weighted by Crippen LogP contribution is -2.40. The minimum absolute atomic E-state index is 0.0120. The van der Waals surface area contributed by atoms with Crippen LogP contribution in [-0.2, 0) is 14.8 Å². The number of nitrogens with one attached hydrogen (secondary N) is 1. The quantitative estimate of drug-likeness (QED) is 0.690. The van der Waals surface area contributed by atoms with Crippen LogP contribution in [0.5, 0.6) is 0 Å². The van der Waals surface area contributed by atoms with E-state index in [9.17, 15) is 13.2 Å². The predicted octanol–water partition coefficient (Wildman–Crippen LogP) is 2.46. The smallest absolute Gasteiger partial charge is 0.252 e. The largest absolute Gasteiger partial charge is 0.379 e. The fourth-order valence-electron chi connectivity index (χ4n) is 3.08. The van der Waals surface area contributed by atoms with Gasteiger partial charge in [-0.1, -0.05) is 17.7 Å². The van der Waals surface area contributed by atoms with E-state index >= 15 is 0 Å². The monoisotopic (exact) mass is 457 g/mol. The van der Waals surface area contributed by atoms with E-state index in [0.717, 1.165) is 4.88 Å². The number of sulfonamides is 1. The van der Waals surface area contributed by atoms with E-state index in [-0.39, 0.29) is 34.6 Å². The summed E-state index contributed by atoms with van der Waals surface area (Å²) >= 11 is 7.82.